The first-order valence-corrected chi connectivity index (χ1v) is 10.3. The maximum atomic E-state index is 5.79. The van der Waals surface area contributed by atoms with Gasteiger partial charge >= 0.3 is 0 Å². The maximum Gasteiger partial charge on any atom is 0.191 e. The molecule has 152 valence electrons. The second-order valence-corrected chi connectivity index (χ2v) is 6.92. The van der Waals surface area contributed by atoms with E-state index in [1.54, 1.807) is 0 Å². The van der Waals surface area contributed by atoms with Crippen molar-refractivity contribution in [3.63, 3.8) is 0 Å². The number of hydrogen-bond donors (Lipinski definition) is 2. The highest BCUT2D eigenvalue weighted by molar-refractivity contribution is 5.79. The third-order valence-corrected chi connectivity index (χ3v) is 4.66. The van der Waals surface area contributed by atoms with Crippen molar-refractivity contribution in [3.05, 3.63) is 29.8 Å². The standard InChI is InChI=1S/C21H36N4O2/c1-4-6-12-27-20-9-7-8-19(15-20)17-24-21(22-5-2)23-16-18(3)25-10-13-26-14-11-25/h7-9,15,18H,4-6,10-14,16-17H2,1-3H3,(H2,22,23,24). The molecule has 1 unspecified atom stereocenters. The summed E-state index contributed by atoms with van der Waals surface area (Å²) in [5, 5.41) is 6.80. The number of nitrogens with zero attached hydrogens (tertiary/aromatic N) is 2. The van der Waals surface area contributed by atoms with Crippen LogP contribution in [0.15, 0.2) is 29.3 Å². The van der Waals surface area contributed by atoms with E-state index in [0.29, 0.717) is 12.6 Å². The fraction of sp³-hybridized carbons (Fsp3) is 0.667. The van der Waals surface area contributed by atoms with Crippen LogP contribution < -0.4 is 15.4 Å². The molecular formula is C21H36N4O2. The minimum absolute atomic E-state index is 0.452. The maximum absolute atomic E-state index is 5.79. The van der Waals surface area contributed by atoms with Crippen LogP contribution in [0.25, 0.3) is 0 Å². The largest absolute Gasteiger partial charge is 0.494 e. The van der Waals surface area contributed by atoms with Gasteiger partial charge in [-0.3, -0.25) is 4.90 Å². The highest BCUT2D eigenvalue weighted by Crippen LogP contribution is 2.14. The molecule has 1 heterocycles. The molecule has 1 saturated heterocycles. The first kappa shape index (κ1) is 21.5. The van der Waals surface area contributed by atoms with Gasteiger partial charge in [0.2, 0.25) is 0 Å². The lowest BCUT2D eigenvalue weighted by molar-refractivity contribution is 0.0211. The third-order valence-electron chi connectivity index (χ3n) is 4.66. The van der Waals surface area contributed by atoms with Crippen LogP contribution in [0.5, 0.6) is 5.75 Å². The average molecular weight is 377 g/mol. The van der Waals surface area contributed by atoms with Gasteiger partial charge in [-0.15, -0.1) is 0 Å². The minimum Gasteiger partial charge on any atom is -0.494 e. The number of morpholine rings is 1. The third kappa shape index (κ3) is 8.18. The van der Waals surface area contributed by atoms with Gasteiger partial charge in [-0.1, -0.05) is 25.5 Å². The van der Waals surface area contributed by atoms with E-state index in [1.807, 2.05) is 12.1 Å². The molecule has 1 aliphatic rings. The molecule has 6 nitrogen and oxygen atoms in total. The fourth-order valence-corrected chi connectivity index (χ4v) is 2.97. The molecule has 1 atom stereocenters. The molecule has 0 aromatic heterocycles. The van der Waals surface area contributed by atoms with Crippen LogP contribution in [-0.2, 0) is 11.3 Å². The van der Waals surface area contributed by atoms with E-state index in [-0.39, 0.29) is 0 Å². The molecule has 0 aliphatic carbocycles. The Balaban J connectivity index is 1.85. The van der Waals surface area contributed by atoms with Gasteiger partial charge in [-0.25, -0.2) is 4.99 Å². The van der Waals surface area contributed by atoms with Crippen molar-refractivity contribution in [2.24, 2.45) is 4.99 Å². The molecule has 0 saturated carbocycles. The number of ether oxygens (including phenoxy) is 2. The number of benzene rings is 1. The van der Waals surface area contributed by atoms with E-state index in [0.717, 1.165) is 76.1 Å². The zero-order chi connectivity index (χ0) is 19.3. The lowest BCUT2D eigenvalue weighted by Crippen LogP contribution is -2.49. The van der Waals surface area contributed by atoms with Gasteiger partial charge in [0.25, 0.3) is 0 Å². The van der Waals surface area contributed by atoms with Gasteiger partial charge in [-0.05, 0) is 38.0 Å². The molecule has 1 aliphatic heterocycles. The summed E-state index contributed by atoms with van der Waals surface area (Å²) in [4.78, 5) is 7.19. The van der Waals surface area contributed by atoms with Crippen LogP contribution in [-0.4, -0.2) is 62.9 Å². The molecule has 1 aromatic carbocycles. The summed E-state index contributed by atoms with van der Waals surface area (Å²) >= 11 is 0. The van der Waals surface area contributed by atoms with Crippen LogP contribution in [0, 0.1) is 0 Å². The quantitative estimate of drug-likeness (QED) is 0.373. The number of nitrogens with one attached hydrogen (secondary N) is 2. The van der Waals surface area contributed by atoms with Gasteiger partial charge in [-0.2, -0.15) is 0 Å². The number of hydrogen-bond acceptors (Lipinski definition) is 4. The van der Waals surface area contributed by atoms with Gasteiger partial charge in [0, 0.05) is 32.2 Å². The van der Waals surface area contributed by atoms with Crippen molar-refractivity contribution in [3.8, 4) is 5.75 Å². The van der Waals surface area contributed by atoms with Crippen molar-refractivity contribution in [1.29, 1.82) is 0 Å². The predicted molar refractivity (Wildman–Crippen MR) is 112 cm³/mol. The highest BCUT2D eigenvalue weighted by atomic mass is 16.5. The Labute approximate surface area is 164 Å². The van der Waals surface area contributed by atoms with E-state index >= 15 is 0 Å². The van der Waals surface area contributed by atoms with Crippen LogP contribution >= 0.6 is 0 Å². The Kier molecular flexibility index (Phi) is 10.0. The predicted octanol–water partition coefficient (Wildman–Crippen LogP) is 2.64. The SMILES string of the molecule is CCCCOc1cccc(CN=C(NCC)NCC(C)N2CCOCC2)c1. The lowest BCUT2D eigenvalue weighted by atomic mass is 10.2. The van der Waals surface area contributed by atoms with Gasteiger partial charge in [0.05, 0.1) is 26.4 Å². The molecule has 6 heteroatoms. The van der Waals surface area contributed by atoms with Crippen LogP contribution in [0.4, 0.5) is 0 Å². The minimum atomic E-state index is 0.452. The number of aliphatic imine (C=N–C) groups is 1. The fourth-order valence-electron chi connectivity index (χ4n) is 2.97. The van der Waals surface area contributed by atoms with Crippen molar-refractivity contribution in [1.82, 2.24) is 15.5 Å². The Hall–Kier alpha value is -1.79. The summed E-state index contributed by atoms with van der Waals surface area (Å²) < 4.78 is 11.2. The van der Waals surface area contributed by atoms with Crippen molar-refractivity contribution in [2.75, 3.05) is 46.0 Å². The summed E-state index contributed by atoms with van der Waals surface area (Å²) in [5.74, 6) is 1.78. The van der Waals surface area contributed by atoms with E-state index in [2.05, 4.69) is 48.4 Å². The monoisotopic (exact) mass is 376 g/mol. The zero-order valence-corrected chi connectivity index (χ0v) is 17.2. The van der Waals surface area contributed by atoms with Crippen LogP contribution in [0.2, 0.25) is 0 Å². The Morgan fingerprint density at radius 3 is 2.81 bits per heavy atom. The highest BCUT2D eigenvalue weighted by Gasteiger charge is 2.16. The number of rotatable bonds is 10. The van der Waals surface area contributed by atoms with Crippen molar-refractivity contribution >= 4 is 5.96 Å². The molecule has 0 spiro atoms. The molecule has 2 N–H and O–H groups in total. The number of guanidine groups is 1. The second kappa shape index (κ2) is 12.6. The summed E-state index contributed by atoms with van der Waals surface area (Å²) in [6, 6.07) is 8.67. The molecule has 0 amide bonds. The Morgan fingerprint density at radius 2 is 2.07 bits per heavy atom. The molecule has 1 aromatic rings. The molecule has 2 rings (SSSR count). The summed E-state index contributed by atoms with van der Waals surface area (Å²) in [6.45, 7) is 13.3. The van der Waals surface area contributed by atoms with E-state index in [4.69, 9.17) is 14.5 Å². The van der Waals surface area contributed by atoms with Crippen molar-refractivity contribution < 1.29 is 9.47 Å². The first-order valence-electron chi connectivity index (χ1n) is 10.3. The lowest BCUT2D eigenvalue weighted by Gasteiger charge is -2.32. The first-order chi connectivity index (χ1) is 13.2. The van der Waals surface area contributed by atoms with Gasteiger partial charge in [0.15, 0.2) is 5.96 Å². The van der Waals surface area contributed by atoms with Gasteiger partial charge in [0.1, 0.15) is 5.75 Å². The van der Waals surface area contributed by atoms with E-state index in [1.165, 1.54) is 0 Å². The molecule has 0 bridgehead atoms. The normalized spacial score (nSPS) is 16.8. The van der Waals surface area contributed by atoms with Crippen LogP contribution in [0.1, 0.15) is 39.2 Å². The van der Waals surface area contributed by atoms with E-state index in [9.17, 15) is 0 Å². The number of unbranched alkanes of at least 4 members (excludes halogenated alkanes) is 1. The van der Waals surface area contributed by atoms with Crippen LogP contribution in [0.3, 0.4) is 0 Å². The smallest absolute Gasteiger partial charge is 0.191 e. The summed E-state index contributed by atoms with van der Waals surface area (Å²) in [5.41, 5.74) is 1.16. The van der Waals surface area contributed by atoms with Gasteiger partial charge < -0.3 is 20.1 Å². The van der Waals surface area contributed by atoms with Crippen molar-refractivity contribution in [2.45, 2.75) is 46.2 Å². The van der Waals surface area contributed by atoms with E-state index < -0.39 is 0 Å². The molecule has 1 fully saturated rings. The summed E-state index contributed by atoms with van der Waals surface area (Å²) in [6.07, 6.45) is 2.22. The summed E-state index contributed by atoms with van der Waals surface area (Å²) in [7, 11) is 0. The molecule has 27 heavy (non-hydrogen) atoms. The zero-order valence-electron chi connectivity index (χ0n) is 17.2. The second-order valence-electron chi connectivity index (χ2n) is 6.92. The Morgan fingerprint density at radius 1 is 1.26 bits per heavy atom. The topological polar surface area (TPSA) is 58.1 Å². The Bertz CT molecular complexity index is 559. The molecular weight excluding hydrogens is 340 g/mol. The molecule has 0 radical (unpaired) electrons. The average Bonchev–Trinajstić information content (AvgIpc) is 2.71.